The molecule has 0 radical (unpaired) electrons. The Hall–Kier alpha value is -1.44. The summed E-state index contributed by atoms with van der Waals surface area (Å²) in [5.74, 6) is 0. The van der Waals surface area contributed by atoms with Crippen LogP contribution >= 0.6 is 0 Å². The predicted octanol–water partition coefficient (Wildman–Crippen LogP) is 9.63. The highest BCUT2D eigenvalue weighted by molar-refractivity contribution is 6.73. The van der Waals surface area contributed by atoms with Gasteiger partial charge in [-0.3, -0.25) is 10.1 Å². The lowest BCUT2D eigenvalue weighted by Gasteiger charge is -2.33. The number of nitro groups is 1. The third-order valence-electron chi connectivity index (χ3n) is 7.72. The second kappa shape index (κ2) is 22.4. The first-order valence-corrected chi connectivity index (χ1v) is 18.3. The summed E-state index contributed by atoms with van der Waals surface area (Å²) < 4.78 is 7.00. The van der Waals surface area contributed by atoms with Crippen LogP contribution < -0.4 is 5.32 Å². The fourth-order valence-corrected chi connectivity index (χ4v) is 9.82. The molecule has 38 heavy (non-hydrogen) atoms. The normalized spacial score (nSPS) is 12.5. The molecule has 7 heteroatoms. The second-order valence-corrected chi connectivity index (χ2v) is 15.3. The van der Waals surface area contributed by atoms with E-state index in [1.54, 1.807) is 24.3 Å². The molecule has 0 saturated heterocycles. The molecule has 0 heterocycles. The summed E-state index contributed by atoms with van der Waals surface area (Å²) in [4.78, 5) is 10.6. The molecular weight excluding hydrogens is 492 g/mol. The minimum absolute atomic E-state index is 0.106. The van der Waals surface area contributed by atoms with Crippen LogP contribution in [0.4, 0.5) is 11.4 Å². The summed E-state index contributed by atoms with van der Waals surface area (Å²) in [6.07, 6.45) is 19.4. The van der Waals surface area contributed by atoms with Crippen LogP contribution in [-0.4, -0.2) is 37.6 Å². The Kier molecular flexibility index (Phi) is 20.4. The first kappa shape index (κ1) is 34.6. The van der Waals surface area contributed by atoms with Gasteiger partial charge in [0.1, 0.15) is 0 Å². The highest BCUT2D eigenvalue weighted by Gasteiger charge is 2.33. The molecule has 0 spiro atoms. The molecule has 0 aliphatic heterocycles. The maximum atomic E-state index is 11.0. The standard InChI is InChI=1S/C31H58N2O4Si/c1-4-7-10-13-26-38(27-14-11-8-5-2,28-15-12-9-6-3)37-25-17-19-29(18-16-24-34)32-30-20-22-31(23-21-30)33(35)36/h20-23,29,32,34H,4-19,24-28H2,1-3H3/t29-/m0/s1. The molecular formula is C31H58N2O4Si. The minimum atomic E-state index is -1.76. The number of hydrogen-bond acceptors (Lipinski definition) is 5. The van der Waals surface area contributed by atoms with Gasteiger partial charge in [0, 0.05) is 37.1 Å². The molecule has 1 aromatic rings. The van der Waals surface area contributed by atoms with Crippen molar-refractivity contribution in [2.24, 2.45) is 0 Å². The van der Waals surface area contributed by atoms with Crippen molar-refractivity contribution in [3.8, 4) is 0 Å². The van der Waals surface area contributed by atoms with Gasteiger partial charge in [0.2, 0.25) is 0 Å². The lowest BCUT2D eigenvalue weighted by atomic mass is 10.1. The third kappa shape index (κ3) is 15.8. The van der Waals surface area contributed by atoms with Gasteiger partial charge in [-0.15, -0.1) is 0 Å². The average Bonchev–Trinajstić information content (AvgIpc) is 2.92. The fraction of sp³-hybridized carbons (Fsp3) is 0.806. The van der Waals surface area contributed by atoms with Gasteiger partial charge >= 0.3 is 0 Å². The van der Waals surface area contributed by atoms with E-state index in [2.05, 4.69) is 26.1 Å². The van der Waals surface area contributed by atoms with Crippen LogP contribution in [0.15, 0.2) is 24.3 Å². The van der Waals surface area contributed by atoms with E-state index in [0.29, 0.717) is 0 Å². The number of unbranched alkanes of at least 4 members (excludes halogenated alkanes) is 9. The molecule has 0 bridgehead atoms. The zero-order valence-electron chi connectivity index (χ0n) is 24.9. The monoisotopic (exact) mass is 550 g/mol. The smallest absolute Gasteiger partial charge is 0.269 e. The Balaban J connectivity index is 2.77. The molecule has 1 atom stereocenters. The van der Waals surface area contributed by atoms with E-state index in [1.807, 2.05) is 0 Å². The van der Waals surface area contributed by atoms with Crippen LogP contribution in [0.25, 0.3) is 0 Å². The molecule has 1 rings (SSSR count). The van der Waals surface area contributed by atoms with Gasteiger partial charge < -0.3 is 14.8 Å². The van der Waals surface area contributed by atoms with Gasteiger partial charge in [0.05, 0.1) is 4.92 Å². The number of aliphatic hydroxyl groups is 1. The van der Waals surface area contributed by atoms with E-state index in [0.717, 1.165) is 38.0 Å². The summed E-state index contributed by atoms with van der Waals surface area (Å²) in [6, 6.07) is 10.8. The Morgan fingerprint density at radius 3 is 1.74 bits per heavy atom. The number of aliphatic hydroxyl groups excluding tert-OH is 1. The summed E-state index contributed by atoms with van der Waals surface area (Å²) in [7, 11) is -1.76. The molecule has 0 amide bonds. The van der Waals surface area contributed by atoms with E-state index in [-0.39, 0.29) is 23.3 Å². The number of rotatable bonds is 26. The van der Waals surface area contributed by atoms with Crippen LogP contribution in [0.1, 0.15) is 124 Å². The topological polar surface area (TPSA) is 84.6 Å². The van der Waals surface area contributed by atoms with E-state index in [9.17, 15) is 15.2 Å². The Morgan fingerprint density at radius 1 is 0.789 bits per heavy atom. The van der Waals surface area contributed by atoms with Crippen molar-refractivity contribution in [1.29, 1.82) is 0 Å². The quantitative estimate of drug-likeness (QED) is 0.0519. The summed E-state index contributed by atoms with van der Waals surface area (Å²) >= 11 is 0. The minimum Gasteiger partial charge on any atom is -0.417 e. The number of benzene rings is 1. The van der Waals surface area contributed by atoms with Gasteiger partial charge in [0.15, 0.2) is 8.32 Å². The van der Waals surface area contributed by atoms with Crippen LogP contribution in [0.3, 0.4) is 0 Å². The van der Waals surface area contributed by atoms with Gasteiger partial charge in [-0.25, -0.2) is 0 Å². The largest absolute Gasteiger partial charge is 0.417 e. The number of hydrogen-bond donors (Lipinski definition) is 2. The molecule has 0 aromatic heterocycles. The van der Waals surface area contributed by atoms with Crippen molar-refractivity contribution in [3.05, 3.63) is 34.4 Å². The lowest BCUT2D eigenvalue weighted by Crippen LogP contribution is -2.38. The summed E-state index contributed by atoms with van der Waals surface area (Å²) in [6.45, 7) is 7.87. The maximum Gasteiger partial charge on any atom is 0.269 e. The Labute approximate surface area is 234 Å². The number of nitrogens with one attached hydrogen (secondary N) is 1. The maximum absolute atomic E-state index is 11.0. The van der Waals surface area contributed by atoms with E-state index >= 15 is 0 Å². The summed E-state index contributed by atoms with van der Waals surface area (Å²) in [5.41, 5.74) is 1.000. The molecule has 220 valence electrons. The zero-order valence-corrected chi connectivity index (χ0v) is 25.9. The SMILES string of the molecule is CCCCCC[Si](CCCCCC)(CCCCCC)OCCC[C@H](CCCO)Nc1ccc([N+](=O)[O-])cc1. The zero-order chi connectivity index (χ0) is 27.9. The summed E-state index contributed by atoms with van der Waals surface area (Å²) in [5, 5.41) is 23.9. The van der Waals surface area contributed by atoms with E-state index in [1.165, 1.54) is 95.2 Å². The molecule has 2 N–H and O–H groups in total. The van der Waals surface area contributed by atoms with Crippen molar-refractivity contribution >= 4 is 19.7 Å². The molecule has 0 aliphatic carbocycles. The molecule has 0 fully saturated rings. The molecule has 1 aromatic carbocycles. The first-order valence-electron chi connectivity index (χ1n) is 15.8. The average molecular weight is 551 g/mol. The van der Waals surface area contributed by atoms with Crippen molar-refractivity contribution in [3.63, 3.8) is 0 Å². The fourth-order valence-electron chi connectivity index (χ4n) is 5.37. The van der Waals surface area contributed by atoms with Gasteiger partial charge in [0.25, 0.3) is 5.69 Å². The van der Waals surface area contributed by atoms with Gasteiger partial charge in [-0.1, -0.05) is 97.8 Å². The molecule has 6 nitrogen and oxygen atoms in total. The third-order valence-corrected chi connectivity index (χ3v) is 12.3. The predicted molar refractivity (Wildman–Crippen MR) is 165 cm³/mol. The van der Waals surface area contributed by atoms with Crippen LogP contribution in [-0.2, 0) is 4.43 Å². The molecule has 0 unspecified atom stereocenters. The van der Waals surface area contributed by atoms with Gasteiger partial charge in [-0.05, 0) is 55.9 Å². The van der Waals surface area contributed by atoms with Crippen LogP contribution in [0.2, 0.25) is 18.1 Å². The van der Waals surface area contributed by atoms with Gasteiger partial charge in [-0.2, -0.15) is 0 Å². The number of non-ortho nitro benzene ring substituents is 1. The molecule has 0 aliphatic rings. The van der Waals surface area contributed by atoms with Crippen LogP contribution in [0, 0.1) is 10.1 Å². The van der Waals surface area contributed by atoms with Crippen molar-refractivity contribution in [2.75, 3.05) is 18.5 Å². The van der Waals surface area contributed by atoms with Crippen LogP contribution in [0.5, 0.6) is 0 Å². The second-order valence-electron chi connectivity index (χ2n) is 11.1. The highest BCUT2D eigenvalue weighted by atomic mass is 28.4. The molecule has 0 saturated carbocycles. The number of nitro benzene ring substituents is 1. The van der Waals surface area contributed by atoms with Crippen molar-refractivity contribution in [2.45, 2.75) is 148 Å². The van der Waals surface area contributed by atoms with E-state index in [4.69, 9.17) is 4.43 Å². The highest BCUT2D eigenvalue weighted by Crippen LogP contribution is 2.31. The van der Waals surface area contributed by atoms with Crippen molar-refractivity contribution < 1.29 is 14.5 Å². The Bertz CT molecular complexity index is 670. The Morgan fingerprint density at radius 2 is 1.29 bits per heavy atom. The number of nitrogens with zero attached hydrogens (tertiary/aromatic N) is 1. The van der Waals surface area contributed by atoms with Crippen molar-refractivity contribution in [1.82, 2.24) is 0 Å². The first-order chi connectivity index (χ1) is 18.5. The number of anilines is 1. The lowest BCUT2D eigenvalue weighted by molar-refractivity contribution is -0.384. The van der Waals surface area contributed by atoms with E-state index < -0.39 is 8.32 Å².